The molecule has 0 atom stereocenters. The SMILES string of the molecule is Cc1cc(C(=O)Nc2cc(C(=O)Nc3cc(NC4CCN(C)CC4)cc(C(F)(F)F)c3)ccc2C)no1. The molecule has 3 aromatic rings. The number of aryl methyl sites for hydroxylation is 2. The fourth-order valence-corrected chi connectivity index (χ4v) is 4.10. The van der Waals surface area contributed by atoms with E-state index in [1.807, 2.05) is 7.05 Å². The number of carbonyl (C=O) groups excluding carboxylic acids is 2. The average Bonchev–Trinajstić information content (AvgIpc) is 3.27. The van der Waals surface area contributed by atoms with E-state index in [-0.39, 0.29) is 23.0 Å². The van der Waals surface area contributed by atoms with Gasteiger partial charge in [0.2, 0.25) is 0 Å². The third-order valence-electron chi connectivity index (χ3n) is 6.22. The van der Waals surface area contributed by atoms with Gasteiger partial charge in [0.1, 0.15) is 5.76 Å². The first-order valence-corrected chi connectivity index (χ1v) is 11.8. The molecule has 0 saturated carbocycles. The number of anilines is 3. The van der Waals surface area contributed by atoms with Crippen LogP contribution >= 0.6 is 0 Å². The van der Waals surface area contributed by atoms with Gasteiger partial charge in [-0.1, -0.05) is 11.2 Å². The average molecular weight is 516 g/mol. The van der Waals surface area contributed by atoms with Gasteiger partial charge in [0.05, 0.1) is 5.56 Å². The van der Waals surface area contributed by atoms with E-state index in [0.29, 0.717) is 22.7 Å². The molecule has 1 aromatic heterocycles. The van der Waals surface area contributed by atoms with Crippen molar-refractivity contribution >= 4 is 28.9 Å². The first kappa shape index (κ1) is 26.2. The van der Waals surface area contributed by atoms with Crippen LogP contribution in [0.5, 0.6) is 0 Å². The smallest absolute Gasteiger partial charge is 0.382 e. The summed E-state index contributed by atoms with van der Waals surface area (Å²) in [5, 5.41) is 12.1. The summed E-state index contributed by atoms with van der Waals surface area (Å²) < 4.78 is 45.7. The Labute approximate surface area is 212 Å². The van der Waals surface area contributed by atoms with Gasteiger partial charge in [-0.3, -0.25) is 9.59 Å². The molecule has 3 N–H and O–H groups in total. The van der Waals surface area contributed by atoms with E-state index in [0.717, 1.165) is 38.1 Å². The van der Waals surface area contributed by atoms with Crippen LogP contribution in [0.15, 0.2) is 47.0 Å². The highest BCUT2D eigenvalue weighted by Crippen LogP contribution is 2.34. The van der Waals surface area contributed by atoms with Gasteiger partial charge in [0, 0.05) is 34.7 Å². The second kappa shape index (κ2) is 10.6. The standard InChI is InChI=1S/C26H28F3N5O3/c1-15-4-5-17(11-22(15)32-25(36)23-10-16(2)37-33-23)24(35)31-21-13-18(26(27,28)29)12-20(14-21)30-19-6-8-34(3)9-7-19/h4-5,10-14,19,30H,6-9H2,1-3H3,(H,31,35)(H,32,36). The fourth-order valence-electron chi connectivity index (χ4n) is 4.10. The van der Waals surface area contributed by atoms with Crippen LogP contribution in [-0.2, 0) is 6.18 Å². The second-order valence-corrected chi connectivity index (χ2v) is 9.28. The lowest BCUT2D eigenvalue weighted by atomic mass is 10.0. The summed E-state index contributed by atoms with van der Waals surface area (Å²) in [7, 11) is 2.01. The number of aromatic nitrogens is 1. The van der Waals surface area contributed by atoms with Crippen molar-refractivity contribution in [2.24, 2.45) is 0 Å². The van der Waals surface area contributed by atoms with Crippen molar-refractivity contribution in [2.45, 2.75) is 38.9 Å². The number of likely N-dealkylation sites (tertiary alicyclic amines) is 1. The van der Waals surface area contributed by atoms with Crippen molar-refractivity contribution < 1.29 is 27.3 Å². The van der Waals surface area contributed by atoms with Crippen molar-refractivity contribution in [3.63, 3.8) is 0 Å². The van der Waals surface area contributed by atoms with Crippen molar-refractivity contribution in [1.82, 2.24) is 10.1 Å². The Kier molecular flexibility index (Phi) is 7.53. The van der Waals surface area contributed by atoms with Crippen LogP contribution in [0.4, 0.5) is 30.2 Å². The predicted molar refractivity (Wildman–Crippen MR) is 134 cm³/mol. The van der Waals surface area contributed by atoms with Gasteiger partial charge < -0.3 is 25.4 Å². The number of halogens is 3. The van der Waals surface area contributed by atoms with E-state index < -0.39 is 23.6 Å². The van der Waals surface area contributed by atoms with Gasteiger partial charge in [-0.15, -0.1) is 0 Å². The number of rotatable bonds is 6. The number of piperidine rings is 1. The number of benzene rings is 2. The highest BCUT2D eigenvalue weighted by molar-refractivity contribution is 6.07. The molecule has 8 nitrogen and oxygen atoms in total. The Hall–Kier alpha value is -3.86. The molecule has 2 amide bonds. The van der Waals surface area contributed by atoms with Gasteiger partial charge in [-0.2, -0.15) is 13.2 Å². The molecule has 1 aliphatic heterocycles. The van der Waals surface area contributed by atoms with Crippen LogP contribution in [0.25, 0.3) is 0 Å². The highest BCUT2D eigenvalue weighted by atomic mass is 19.4. The van der Waals surface area contributed by atoms with Gasteiger partial charge in [0.15, 0.2) is 5.69 Å². The van der Waals surface area contributed by atoms with Gasteiger partial charge in [-0.25, -0.2) is 0 Å². The zero-order valence-electron chi connectivity index (χ0n) is 20.7. The Balaban J connectivity index is 1.53. The lowest BCUT2D eigenvalue weighted by Gasteiger charge is -2.30. The summed E-state index contributed by atoms with van der Waals surface area (Å²) in [5.74, 6) is -0.655. The molecule has 1 aliphatic rings. The summed E-state index contributed by atoms with van der Waals surface area (Å²) in [5.41, 5.74) is 0.750. The fraction of sp³-hybridized carbons (Fsp3) is 0.346. The number of alkyl halides is 3. The molecule has 0 bridgehead atoms. The molecule has 37 heavy (non-hydrogen) atoms. The van der Waals surface area contributed by atoms with E-state index in [4.69, 9.17) is 4.52 Å². The summed E-state index contributed by atoms with van der Waals surface area (Å²) in [4.78, 5) is 27.6. The number of nitrogens with zero attached hydrogens (tertiary/aromatic N) is 2. The largest absolute Gasteiger partial charge is 0.416 e. The van der Waals surface area contributed by atoms with Crippen LogP contribution in [0.3, 0.4) is 0 Å². The summed E-state index contributed by atoms with van der Waals surface area (Å²) in [6, 6.07) is 9.60. The molecule has 0 unspecified atom stereocenters. The van der Waals surface area contributed by atoms with E-state index in [1.165, 1.54) is 24.3 Å². The topological polar surface area (TPSA) is 99.5 Å². The molecule has 2 aromatic carbocycles. The molecule has 0 aliphatic carbocycles. The Morgan fingerprint density at radius 1 is 0.973 bits per heavy atom. The molecule has 11 heteroatoms. The predicted octanol–water partition coefficient (Wildman–Crippen LogP) is 5.32. The monoisotopic (exact) mass is 515 g/mol. The van der Waals surface area contributed by atoms with Gasteiger partial charge >= 0.3 is 6.18 Å². The summed E-state index contributed by atoms with van der Waals surface area (Å²) in [6.07, 6.45) is -2.97. The molecule has 2 heterocycles. The van der Waals surface area contributed by atoms with E-state index >= 15 is 0 Å². The van der Waals surface area contributed by atoms with Crippen LogP contribution in [-0.4, -0.2) is 48.0 Å². The molecule has 4 rings (SSSR count). The molecule has 196 valence electrons. The zero-order valence-corrected chi connectivity index (χ0v) is 20.7. The minimum Gasteiger partial charge on any atom is -0.382 e. The van der Waals surface area contributed by atoms with Crippen molar-refractivity contribution in [2.75, 3.05) is 36.1 Å². The maximum Gasteiger partial charge on any atom is 0.416 e. The minimum atomic E-state index is -4.58. The minimum absolute atomic E-state index is 0.0134. The lowest BCUT2D eigenvalue weighted by Crippen LogP contribution is -2.36. The molecule has 1 saturated heterocycles. The first-order valence-electron chi connectivity index (χ1n) is 11.8. The highest BCUT2D eigenvalue weighted by Gasteiger charge is 2.32. The van der Waals surface area contributed by atoms with Crippen molar-refractivity contribution in [3.8, 4) is 0 Å². The van der Waals surface area contributed by atoms with E-state index in [2.05, 4.69) is 26.0 Å². The quantitative estimate of drug-likeness (QED) is 0.411. The van der Waals surface area contributed by atoms with Crippen LogP contribution < -0.4 is 16.0 Å². The Bertz CT molecular complexity index is 1300. The zero-order chi connectivity index (χ0) is 26.7. The lowest BCUT2D eigenvalue weighted by molar-refractivity contribution is -0.137. The number of nitrogens with one attached hydrogen (secondary N) is 3. The van der Waals surface area contributed by atoms with Gasteiger partial charge in [-0.05, 0) is 82.7 Å². The van der Waals surface area contributed by atoms with E-state index in [1.54, 1.807) is 19.9 Å². The molecule has 1 fully saturated rings. The van der Waals surface area contributed by atoms with Crippen LogP contribution in [0.1, 0.15) is 50.6 Å². The van der Waals surface area contributed by atoms with E-state index in [9.17, 15) is 22.8 Å². The first-order chi connectivity index (χ1) is 17.5. The third kappa shape index (κ3) is 6.67. The maximum atomic E-state index is 13.6. The molecule has 0 radical (unpaired) electrons. The van der Waals surface area contributed by atoms with Crippen LogP contribution in [0, 0.1) is 13.8 Å². The Morgan fingerprint density at radius 2 is 1.68 bits per heavy atom. The maximum absolute atomic E-state index is 13.6. The van der Waals surface area contributed by atoms with Crippen molar-refractivity contribution in [3.05, 3.63) is 70.6 Å². The molecule has 0 spiro atoms. The number of carbonyl (C=O) groups is 2. The Morgan fingerprint density at radius 3 is 2.32 bits per heavy atom. The van der Waals surface area contributed by atoms with Crippen molar-refractivity contribution in [1.29, 1.82) is 0 Å². The second-order valence-electron chi connectivity index (χ2n) is 9.28. The number of hydrogen-bond acceptors (Lipinski definition) is 6. The summed E-state index contributed by atoms with van der Waals surface area (Å²) >= 11 is 0. The number of hydrogen-bond donors (Lipinski definition) is 3. The van der Waals surface area contributed by atoms with Crippen LogP contribution in [0.2, 0.25) is 0 Å². The third-order valence-corrected chi connectivity index (χ3v) is 6.22. The summed E-state index contributed by atoms with van der Waals surface area (Å²) in [6.45, 7) is 5.10. The molecular formula is C26H28F3N5O3. The molecular weight excluding hydrogens is 487 g/mol. The van der Waals surface area contributed by atoms with Gasteiger partial charge in [0.25, 0.3) is 11.8 Å². The number of amides is 2. The normalized spacial score (nSPS) is 14.9.